The van der Waals surface area contributed by atoms with Gasteiger partial charge in [0.2, 0.25) is 0 Å². The lowest BCUT2D eigenvalue weighted by Crippen LogP contribution is -2.44. The van der Waals surface area contributed by atoms with Gasteiger partial charge < -0.3 is 19.5 Å². The molecule has 1 saturated heterocycles. The van der Waals surface area contributed by atoms with Crippen molar-refractivity contribution >= 4 is 29.6 Å². The van der Waals surface area contributed by atoms with Crippen LogP contribution in [0.3, 0.4) is 0 Å². The van der Waals surface area contributed by atoms with Crippen LogP contribution in [0.25, 0.3) is 0 Å². The maximum absolute atomic E-state index is 12.4. The van der Waals surface area contributed by atoms with Crippen molar-refractivity contribution in [3.8, 4) is 0 Å². The molecule has 1 fully saturated rings. The van der Waals surface area contributed by atoms with E-state index in [1.54, 1.807) is 32.9 Å². The van der Waals surface area contributed by atoms with E-state index >= 15 is 0 Å². The van der Waals surface area contributed by atoms with Crippen molar-refractivity contribution in [3.63, 3.8) is 0 Å². The number of methoxy groups -OCH3 is 1. The number of ether oxygens (including phenoxy) is 3. The highest BCUT2D eigenvalue weighted by Gasteiger charge is 2.37. The van der Waals surface area contributed by atoms with Gasteiger partial charge in [-0.3, -0.25) is 9.69 Å². The molecular formula is C20H26N2O7. The Bertz CT molecular complexity index is 785. The van der Waals surface area contributed by atoms with Crippen LogP contribution in [-0.2, 0) is 23.8 Å². The number of esters is 2. The third-order valence-corrected chi connectivity index (χ3v) is 4.10. The molecule has 1 aliphatic heterocycles. The summed E-state index contributed by atoms with van der Waals surface area (Å²) >= 11 is 0. The molecule has 1 aliphatic rings. The zero-order valence-electron chi connectivity index (χ0n) is 17.0. The summed E-state index contributed by atoms with van der Waals surface area (Å²) in [6, 6.07) is 5.52. The van der Waals surface area contributed by atoms with E-state index in [1.807, 2.05) is 0 Å². The van der Waals surface area contributed by atoms with E-state index in [1.165, 1.54) is 24.1 Å². The number of amides is 2. The van der Waals surface area contributed by atoms with Gasteiger partial charge in [0, 0.05) is 6.54 Å². The van der Waals surface area contributed by atoms with Crippen molar-refractivity contribution in [2.24, 2.45) is 0 Å². The largest absolute Gasteiger partial charge is 0.465 e. The predicted molar refractivity (Wildman–Crippen MR) is 103 cm³/mol. The molecule has 0 unspecified atom stereocenters. The molecule has 1 heterocycles. The first-order valence-corrected chi connectivity index (χ1v) is 9.26. The minimum absolute atomic E-state index is 0.182. The van der Waals surface area contributed by atoms with E-state index in [-0.39, 0.29) is 11.3 Å². The highest BCUT2D eigenvalue weighted by atomic mass is 16.6. The van der Waals surface area contributed by atoms with Crippen LogP contribution in [0.4, 0.5) is 10.5 Å². The average molecular weight is 406 g/mol. The van der Waals surface area contributed by atoms with Crippen LogP contribution in [0, 0.1) is 0 Å². The lowest BCUT2D eigenvalue weighted by Gasteiger charge is -2.27. The Labute approximate surface area is 169 Å². The topological polar surface area (TPSA) is 111 Å². The quantitative estimate of drug-likeness (QED) is 0.590. The molecule has 1 aromatic carbocycles. The minimum Gasteiger partial charge on any atom is -0.465 e. The molecule has 1 N–H and O–H groups in total. The fourth-order valence-corrected chi connectivity index (χ4v) is 2.85. The Kier molecular flexibility index (Phi) is 7.19. The van der Waals surface area contributed by atoms with Crippen LogP contribution >= 0.6 is 0 Å². The Hall–Kier alpha value is -3.10. The average Bonchev–Trinajstić information content (AvgIpc) is 3.14. The molecule has 0 radical (unpaired) electrons. The maximum Gasteiger partial charge on any atom is 0.411 e. The normalized spacial score (nSPS) is 16.1. The summed E-state index contributed by atoms with van der Waals surface area (Å²) in [6.45, 7) is 5.06. The first-order chi connectivity index (χ1) is 13.6. The van der Waals surface area contributed by atoms with Crippen LogP contribution in [0.5, 0.6) is 0 Å². The Morgan fingerprint density at radius 2 is 1.86 bits per heavy atom. The number of para-hydroxylation sites is 1. The summed E-state index contributed by atoms with van der Waals surface area (Å²) in [5.74, 6) is -1.89. The first-order valence-electron chi connectivity index (χ1n) is 9.26. The van der Waals surface area contributed by atoms with Crippen LogP contribution in [0.1, 0.15) is 44.0 Å². The fourth-order valence-electron chi connectivity index (χ4n) is 2.85. The van der Waals surface area contributed by atoms with Gasteiger partial charge in [0.05, 0.1) is 18.4 Å². The van der Waals surface area contributed by atoms with Gasteiger partial charge in [0.1, 0.15) is 11.6 Å². The van der Waals surface area contributed by atoms with E-state index < -0.39 is 42.2 Å². The molecule has 29 heavy (non-hydrogen) atoms. The van der Waals surface area contributed by atoms with Crippen molar-refractivity contribution in [3.05, 3.63) is 29.8 Å². The summed E-state index contributed by atoms with van der Waals surface area (Å²) in [6.07, 6.45) is 0.483. The van der Waals surface area contributed by atoms with Gasteiger partial charge in [-0.2, -0.15) is 0 Å². The first kappa shape index (κ1) is 22.2. The Morgan fingerprint density at radius 1 is 1.17 bits per heavy atom. The number of hydrogen-bond donors (Lipinski definition) is 1. The molecule has 0 aromatic heterocycles. The molecule has 9 heteroatoms. The molecule has 158 valence electrons. The maximum atomic E-state index is 12.4. The molecule has 2 rings (SSSR count). The van der Waals surface area contributed by atoms with E-state index in [0.717, 1.165) is 0 Å². The molecule has 2 amide bonds. The van der Waals surface area contributed by atoms with Crippen LogP contribution < -0.4 is 5.32 Å². The number of nitrogens with one attached hydrogen (secondary N) is 1. The summed E-state index contributed by atoms with van der Waals surface area (Å²) in [7, 11) is 1.24. The minimum atomic E-state index is -0.792. The van der Waals surface area contributed by atoms with Crippen LogP contribution in [0.15, 0.2) is 24.3 Å². The number of benzene rings is 1. The molecule has 9 nitrogen and oxygen atoms in total. The summed E-state index contributed by atoms with van der Waals surface area (Å²) in [5, 5.41) is 2.51. The summed E-state index contributed by atoms with van der Waals surface area (Å²) in [5.41, 5.74) is -0.251. The number of carbonyl (C=O) groups is 4. The molecular weight excluding hydrogens is 380 g/mol. The van der Waals surface area contributed by atoms with Gasteiger partial charge in [-0.05, 0) is 45.7 Å². The zero-order valence-corrected chi connectivity index (χ0v) is 17.0. The molecule has 0 bridgehead atoms. The fraction of sp³-hybridized carbons (Fsp3) is 0.500. The molecule has 0 saturated carbocycles. The Morgan fingerprint density at radius 3 is 2.52 bits per heavy atom. The second-order valence-electron chi connectivity index (χ2n) is 7.52. The summed E-state index contributed by atoms with van der Waals surface area (Å²) in [4.78, 5) is 49.9. The van der Waals surface area contributed by atoms with E-state index in [9.17, 15) is 19.2 Å². The standard InChI is InChI=1S/C20H26N2O7/c1-20(2,3)29-19(26)22-11-7-10-15(22)18(25)28-12-16(23)21-14-9-6-5-8-13(14)17(24)27-4/h5-6,8-9,15H,7,10-12H2,1-4H3,(H,21,23)/t15-/m0/s1. The van der Waals surface area contributed by atoms with Gasteiger partial charge in [-0.25, -0.2) is 14.4 Å². The van der Waals surface area contributed by atoms with Gasteiger partial charge in [0.15, 0.2) is 6.61 Å². The predicted octanol–water partition coefficient (Wildman–Crippen LogP) is 2.35. The number of likely N-dealkylation sites (tertiary alicyclic amines) is 1. The second kappa shape index (κ2) is 9.40. The number of carbonyl (C=O) groups excluding carboxylic acids is 4. The monoisotopic (exact) mass is 406 g/mol. The van der Waals surface area contributed by atoms with Crippen molar-refractivity contribution in [1.82, 2.24) is 4.90 Å². The zero-order chi connectivity index (χ0) is 21.6. The molecule has 0 spiro atoms. The van der Waals surface area contributed by atoms with Crippen molar-refractivity contribution < 1.29 is 33.4 Å². The molecule has 1 atom stereocenters. The van der Waals surface area contributed by atoms with Crippen molar-refractivity contribution in [2.45, 2.75) is 45.3 Å². The van der Waals surface area contributed by atoms with Crippen molar-refractivity contribution in [1.29, 1.82) is 0 Å². The second-order valence-corrected chi connectivity index (χ2v) is 7.52. The Balaban J connectivity index is 1.93. The van der Waals surface area contributed by atoms with E-state index in [0.29, 0.717) is 19.4 Å². The number of hydrogen-bond acceptors (Lipinski definition) is 7. The van der Waals surface area contributed by atoms with Crippen molar-refractivity contribution in [2.75, 3.05) is 25.6 Å². The number of nitrogens with zero attached hydrogens (tertiary/aromatic N) is 1. The van der Waals surface area contributed by atoms with Gasteiger partial charge in [-0.1, -0.05) is 12.1 Å². The lowest BCUT2D eigenvalue weighted by atomic mass is 10.2. The smallest absolute Gasteiger partial charge is 0.411 e. The van der Waals surface area contributed by atoms with Gasteiger partial charge >= 0.3 is 18.0 Å². The highest BCUT2D eigenvalue weighted by molar-refractivity contribution is 6.02. The van der Waals surface area contributed by atoms with E-state index in [4.69, 9.17) is 9.47 Å². The SMILES string of the molecule is COC(=O)c1ccccc1NC(=O)COC(=O)[C@@H]1CCCN1C(=O)OC(C)(C)C. The number of anilines is 1. The highest BCUT2D eigenvalue weighted by Crippen LogP contribution is 2.22. The molecule has 1 aromatic rings. The van der Waals surface area contributed by atoms with Gasteiger partial charge in [-0.15, -0.1) is 0 Å². The van der Waals surface area contributed by atoms with Crippen LogP contribution in [0.2, 0.25) is 0 Å². The summed E-state index contributed by atoms with van der Waals surface area (Å²) < 4.78 is 15.1. The lowest BCUT2D eigenvalue weighted by molar-refractivity contribution is -0.151. The van der Waals surface area contributed by atoms with Crippen LogP contribution in [-0.4, -0.2) is 60.7 Å². The van der Waals surface area contributed by atoms with E-state index in [2.05, 4.69) is 10.1 Å². The molecule has 0 aliphatic carbocycles. The third kappa shape index (κ3) is 6.20. The third-order valence-electron chi connectivity index (χ3n) is 4.10. The van der Waals surface area contributed by atoms with Gasteiger partial charge in [0.25, 0.3) is 5.91 Å². The number of rotatable bonds is 5.